The molecule has 8 heteroatoms. The lowest BCUT2D eigenvalue weighted by atomic mass is 10.0. The molecule has 5 nitrogen and oxygen atoms in total. The van der Waals surface area contributed by atoms with E-state index in [1.165, 1.54) is 32.0 Å². The Morgan fingerprint density at radius 2 is 2.05 bits per heavy atom. The molecule has 1 aromatic rings. The zero-order valence-electron chi connectivity index (χ0n) is 10.3. The van der Waals surface area contributed by atoms with Crippen LogP contribution in [0.5, 0.6) is 0 Å². The van der Waals surface area contributed by atoms with Crippen LogP contribution in [0.3, 0.4) is 0 Å². The van der Waals surface area contributed by atoms with Crippen molar-refractivity contribution in [1.29, 1.82) is 0 Å². The fraction of sp³-hybridized carbons (Fsp3) is 0.364. The third-order valence-corrected chi connectivity index (χ3v) is 5.11. The van der Waals surface area contributed by atoms with Crippen LogP contribution < -0.4 is 4.72 Å². The number of sulfonamides is 1. The summed E-state index contributed by atoms with van der Waals surface area (Å²) < 4.78 is 27.1. The molecule has 106 valence electrons. The fourth-order valence-electron chi connectivity index (χ4n) is 1.48. The van der Waals surface area contributed by atoms with Crippen LogP contribution in [-0.2, 0) is 14.8 Å². The van der Waals surface area contributed by atoms with Gasteiger partial charge in [-0.3, -0.25) is 4.79 Å². The van der Waals surface area contributed by atoms with Crippen molar-refractivity contribution in [3.05, 3.63) is 27.7 Å². The lowest BCUT2D eigenvalue weighted by molar-refractivity contribution is -0.138. The smallest absolute Gasteiger partial charge is 0.305 e. The van der Waals surface area contributed by atoms with E-state index in [0.29, 0.717) is 9.50 Å². The van der Waals surface area contributed by atoms with E-state index in [9.17, 15) is 13.2 Å². The Bertz CT molecular complexity index is 601. The van der Waals surface area contributed by atoms with Gasteiger partial charge in [0.2, 0.25) is 10.0 Å². The normalized spacial score (nSPS) is 12.4. The molecule has 1 aromatic carbocycles. The molecule has 0 aliphatic carbocycles. The molecule has 0 aliphatic heterocycles. The van der Waals surface area contributed by atoms with Crippen molar-refractivity contribution < 1.29 is 18.3 Å². The largest absolute Gasteiger partial charge is 0.481 e. The van der Waals surface area contributed by atoms with Crippen molar-refractivity contribution in [2.24, 2.45) is 0 Å². The summed E-state index contributed by atoms with van der Waals surface area (Å²) in [5.74, 6) is -1.08. The van der Waals surface area contributed by atoms with Crippen LogP contribution in [0.15, 0.2) is 27.6 Å². The maximum atomic E-state index is 12.1. The molecule has 0 saturated carbocycles. The molecule has 1 rings (SSSR count). The minimum atomic E-state index is -3.80. The number of carboxylic acid groups (broad SMARTS) is 1. The Hall–Kier alpha value is -0.630. The van der Waals surface area contributed by atoms with Gasteiger partial charge in [0.1, 0.15) is 0 Å². The van der Waals surface area contributed by atoms with E-state index in [1.54, 1.807) is 0 Å². The van der Waals surface area contributed by atoms with E-state index in [4.69, 9.17) is 16.7 Å². The molecule has 0 heterocycles. The molecule has 2 N–H and O–H groups in total. The Balaban J connectivity index is 3.04. The zero-order chi connectivity index (χ0) is 14.8. The summed E-state index contributed by atoms with van der Waals surface area (Å²) in [4.78, 5) is 10.7. The van der Waals surface area contributed by atoms with Gasteiger partial charge >= 0.3 is 5.97 Å². The standard InChI is InChI=1S/C11H13BrClNO4S/c1-11(2,6-10(15)16)14-19(17,18)7-3-4-9(13)8(12)5-7/h3-5,14H,6H2,1-2H3,(H,15,16). The van der Waals surface area contributed by atoms with Crippen molar-refractivity contribution in [1.82, 2.24) is 4.72 Å². The van der Waals surface area contributed by atoms with E-state index in [-0.39, 0.29) is 11.3 Å². The van der Waals surface area contributed by atoms with Gasteiger partial charge < -0.3 is 5.11 Å². The lowest BCUT2D eigenvalue weighted by Crippen LogP contribution is -2.44. The molecule has 0 radical (unpaired) electrons. The summed E-state index contributed by atoms with van der Waals surface area (Å²) in [6.07, 6.45) is -0.318. The minimum absolute atomic E-state index is 0.0160. The molecular weight excluding hydrogens is 358 g/mol. The average Bonchev–Trinajstić information content (AvgIpc) is 2.17. The van der Waals surface area contributed by atoms with Crippen molar-refractivity contribution in [3.8, 4) is 0 Å². The highest BCUT2D eigenvalue weighted by Gasteiger charge is 2.28. The van der Waals surface area contributed by atoms with Gasteiger partial charge in [-0.1, -0.05) is 11.6 Å². The second kappa shape index (κ2) is 5.78. The van der Waals surface area contributed by atoms with Crippen LogP contribution in [0.4, 0.5) is 0 Å². The highest BCUT2D eigenvalue weighted by molar-refractivity contribution is 9.10. The van der Waals surface area contributed by atoms with Crippen LogP contribution in [0.25, 0.3) is 0 Å². The van der Waals surface area contributed by atoms with Gasteiger partial charge in [0.15, 0.2) is 0 Å². The third kappa shape index (κ3) is 4.76. The SMILES string of the molecule is CC(C)(CC(=O)O)NS(=O)(=O)c1ccc(Cl)c(Br)c1. The van der Waals surface area contributed by atoms with E-state index >= 15 is 0 Å². The molecule has 0 atom stereocenters. The van der Waals surface area contributed by atoms with Gasteiger partial charge in [0, 0.05) is 10.0 Å². The molecule has 0 aromatic heterocycles. The first-order valence-corrected chi connectivity index (χ1v) is 7.90. The quantitative estimate of drug-likeness (QED) is 0.834. The Morgan fingerprint density at radius 1 is 1.47 bits per heavy atom. The van der Waals surface area contributed by atoms with Gasteiger partial charge in [-0.15, -0.1) is 0 Å². The molecular formula is C11H13BrClNO4S. The van der Waals surface area contributed by atoms with Crippen molar-refractivity contribution in [2.75, 3.05) is 0 Å². The van der Waals surface area contributed by atoms with E-state index in [1.807, 2.05) is 0 Å². The topological polar surface area (TPSA) is 83.5 Å². The first-order chi connectivity index (χ1) is 8.53. The first-order valence-electron chi connectivity index (χ1n) is 5.24. The number of rotatable bonds is 5. The Kier molecular flexibility index (Phi) is 5.00. The van der Waals surface area contributed by atoms with E-state index in [2.05, 4.69) is 20.7 Å². The van der Waals surface area contributed by atoms with E-state index < -0.39 is 21.5 Å². The fourth-order valence-corrected chi connectivity index (χ4v) is 3.57. The molecule has 19 heavy (non-hydrogen) atoms. The third-order valence-electron chi connectivity index (χ3n) is 2.21. The second-order valence-electron chi connectivity index (χ2n) is 4.64. The number of carboxylic acids is 1. The number of halogens is 2. The number of hydrogen-bond donors (Lipinski definition) is 2. The number of nitrogens with one attached hydrogen (secondary N) is 1. The number of hydrogen-bond acceptors (Lipinski definition) is 3. The molecule has 0 spiro atoms. The van der Waals surface area contributed by atoms with Gasteiger partial charge in [0.05, 0.1) is 16.3 Å². The summed E-state index contributed by atoms with van der Waals surface area (Å²) in [5.41, 5.74) is -1.09. The molecule has 0 amide bonds. The van der Waals surface area contributed by atoms with Crippen molar-refractivity contribution >= 4 is 43.5 Å². The molecule has 0 bridgehead atoms. The monoisotopic (exact) mass is 369 g/mol. The maximum absolute atomic E-state index is 12.1. The molecule has 0 aliphatic rings. The van der Waals surface area contributed by atoms with Crippen LogP contribution >= 0.6 is 27.5 Å². The summed E-state index contributed by atoms with van der Waals surface area (Å²) in [7, 11) is -3.80. The van der Waals surface area contributed by atoms with Crippen LogP contribution in [-0.4, -0.2) is 25.0 Å². The Morgan fingerprint density at radius 3 is 2.53 bits per heavy atom. The number of carbonyl (C=O) groups is 1. The second-order valence-corrected chi connectivity index (χ2v) is 7.58. The molecule has 0 fully saturated rings. The van der Waals surface area contributed by atoms with Gasteiger partial charge in [-0.05, 0) is 48.0 Å². The van der Waals surface area contributed by atoms with Gasteiger partial charge in [-0.2, -0.15) is 0 Å². The first kappa shape index (κ1) is 16.4. The van der Waals surface area contributed by atoms with Crippen LogP contribution in [0.2, 0.25) is 5.02 Å². The molecule has 0 unspecified atom stereocenters. The van der Waals surface area contributed by atoms with Gasteiger partial charge in [0.25, 0.3) is 0 Å². The highest BCUT2D eigenvalue weighted by atomic mass is 79.9. The van der Waals surface area contributed by atoms with E-state index in [0.717, 1.165) is 0 Å². The minimum Gasteiger partial charge on any atom is -0.481 e. The van der Waals surface area contributed by atoms with Crippen molar-refractivity contribution in [3.63, 3.8) is 0 Å². The summed E-state index contributed by atoms with van der Waals surface area (Å²) in [6.45, 7) is 3.01. The molecule has 0 saturated heterocycles. The van der Waals surface area contributed by atoms with Crippen LogP contribution in [0.1, 0.15) is 20.3 Å². The summed E-state index contributed by atoms with van der Waals surface area (Å²) in [6, 6.07) is 4.16. The predicted octanol–water partition coefficient (Wildman–Crippen LogP) is 2.63. The van der Waals surface area contributed by atoms with Gasteiger partial charge in [-0.25, -0.2) is 13.1 Å². The summed E-state index contributed by atoms with van der Waals surface area (Å²) >= 11 is 8.93. The number of benzene rings is 1. The Labute approximate surface area is 125 Å². The predicted molar refractivity (Wildman–Crippen MR) is 75.8 cm³/mol. The average molecular weight is 371 g/mol. The van der Waals surface area contributed by atoms with Crippen molar-refractivity contribution in [2.45, 2.75) is 30.7 Å². The zero-order valence-corrected chi connectivity index (χ0v) is 13.4. The maximum Gasteiger partial charge on any atom is 0.305 e. The number of aliphatic carboxylic acids is 1. The summed E-state index contributed by atoms with van der Waals surface area (Å²) in [5, 5.41) is 9.13. The lowest BCUT2D eigenvalue weighted by Gasteiger charge is -2.24. The van der Waals surface area contributed by atoms with Crippen LogP contribution in [0, 0.1) is 0 Å². The highest BCUT2D eigenvalue weighted by Crippen LogP contribution is 2.26.